The third-order valence-corrected chi connectivity index (χ3v) is 5.28. The van der Waals surface area contributed by atoms with Crippen molar-refractivity contribution in [2.24, 2.45) is 0 Å². The SMILES string of the molecule is CS(=O)(=O)OCCC#Cc1ccc2c(-c3ccc(Br)cc3)nsc2c1. The van der Waals surface area contributed by atoms with E-state index in [1.807, 2.05) is 42.5 Å². The summed E-state index contributed by atoms with van der Waals surface area (Å²) in [5.41, 5.74) is 2.91. The van der Waals surface area contributed by atoms with Crippen LogP contribution in [0.1, 0.15) is 12.0 Å². The summed E-state index contributed by atoms with van der Waals surface area (Å²) < 4.78 is 33.1. The second-order valence-electron chi connectivity index (χ2n) is 5.33. The van der Waals surface area contributed by atoms with Gasteiger partial charge in [0.2, 0.25) is 0 Å². The van der Waals surface area contributed by atoms with Gasteiger partial charge in [0.05, 0.1) is 23.3 Å². The van der Waals surface area contributed by atoms with Gasteiger partial charge in [0, 0.05) is 27.4 Å². The van der Waals surface area contributed by atoms with Crippen LogP contribution < -0.4 is 0 Å². The standard InChI is InChI=1S/C18H14BrNO3S2/c1-25(21,22)23-11-3-2-4-13-5-10-16-17(12-13)24-20-18(16)14-6-8-15(19)9-7-14/h5-10,12H,3,11H2,1H3. The molecule has 0 bridgehead atoms. The van der Waals surface area contributed by atoms with Gasteiger partial charge in [-0.3, -0.25) is 4.18 Å². The Hall–Kier alpha value is -1.72. The molecule has 0 saturated carbocycles. The van der Waals surface area contributed by atoms with Crippen LogP contribution in [-0.4, -0.2) is 25.7 Å². The summed E-state index contributed by atoms with van der Waals surface area (Å²) in [5, 5.41) is 1.10. The van der Waals surface area contributed by atoms with Crippen LogP contribution in [0.5, 0.6) is 0 Å². The molecule has 0 spiro atoms. The molecule has 1 heterocycles. The van der Waals surface area contributed by atoms with E-state index in [1.165, 1.54) is 11.5 Å². The molecule has 0 aliphatic heterocycles. The molecule has 2 aromatic carbocycles. The lowest BCUT2D eigenvalue weighted by Crippen LogP contribution is -2.03. The summed E-state index contributed by atoms with van der Waals surface area (Å²) in [4.78, 5) is 0. The fourth-order valence-electron chi connectivity index (χ4n) is 2.24. The van der Waals surface area contributed by atoms with E-state index in [9.17, 15) is 8.42 Å². The first-order valence-electron chi connectivity index (χ1n) is 7.41. The molecule has 1 aromatic heterocycles. The number of aromatic nitrogens is 1. The molecule has 0 atom stereocenters. The Balaban J connectivity index is 1.77. The van der Waals surface area contributed by atoms with E-state index >= 15 is 0 Å². The molecule has 128 valence electrons. The molecule has 7 heteroatoms. The van der Waals surface area contributed by atoms with Crippen molar-refractivity contribution in [3.8, 4) is 23.1 Å². The second-order valence-corrected chi connectivity index (χ2v) is 8.69. The van der Waals surface area contributed by atoms with E-state index in [4.69, 9.17) is 0 Å². The number of rotatable bonds is 4. The summed E-state index contributed by atoms with van der Waals surface area (Å²) in [7, 11) is -3.40. The van der Waals surface area contributed by atoms with Crippen LogP contribution in [0.2, 0.25) is 0 Å². The second kappa shape index (κ2) is 7.67. The summed E-state index contributed by atoms with van der Waals surface area (Å²) in [5.74, 6) is 5.95. The van der Waals surface area contributed by atoms with Crippen LogP contribution in [0, 0.1) is 11.8 Å². The number of hydrogen-bond donors (Lipinski definition) is 0. The Morgan fingerprint density at radius 2 is 1.96 bits per heavy atom. The molecular weight excluding hydrogens is 422 g/mol. The minimum absolute atomic E-state index is 0.0718. The Bertz CT molecular complexity index is 1060. The fourth-order valence-corrected chi connectivity index (χ4v) is 3.73. The molecule has 0 aliphatic rings. The summed E-state index contributed by atoms with van der Waals surface area (Å²) in [6, 6.07) is 14.0. The minimum atomic E-state index is -3.40. The number of halogens is 1. The van der Waals surface area contributed by atoms with Crippen LogP contribution in [0.4, 0.5) is 0 Å². The van der Waals surface area contributed by atoms with Gasteiger partial charge in [-0.25, -0.2) is 0 Å². The third-order valence-electron chi connectivity index (χ3n) is 3.35. The fraction of sp³-hybridized carbons (Fsp3) is 0.167. The maximum absolute atomic E-state index is 10.9. The van der Waals surface area contributed by atoms with Gasteiger partial charge < -0.3 is 0 Å². The Morgan fingerprint density at radius 1 is 1.20 bits per heavy atom. The molecule has 0 N–H and O–H groups in total. The summed E-state index contributed by atoms with van der Waals surface area (Å²) in [6.07, 6.45) is 1.39. The van der Waals surface area contributed by atoms with Gasteiger partial charge in [-0.2, -0.15) is 12.8 Å². The van der Waals surface area contributed by atoms with Crippen molar-refractivity contribution in [2.75, 3.05) is 12.9 Å². The Kier molecular flexibility index (Phi) is 5.54. The van der Waals surface area contributed by atoms with E-state index < -0.39 is 10.1 Å². The number of nitrogens with zero attached hydrogens (tertiary/aromatic N) is 1. The van der Waals surface area contributed by atoms with Gasteiger partial charge in [0.1, 0.15) is 0 Å². The van der Waals surface area contributed by atoms with Crippen molar-refractivity contribution >= 4 is 47.7 Å². The predicted octanol–water partition coefficient (Wildman–Crippen LogP) is 4.44. The van der Waals surface area contributed by atoms with Crippen LogP contribution in [0.3, 0.4) is 0 Å². The number of fused-ring (bicyclic) bond motifs is 1. The molecular formula is C18H14BrNO3S2. The van der Waals surface area contributed by atoms with Gasteiger partial charge in [0.25, 0.3) is 10.1 Å². The summed E-state index contributed by atoms with van der Waals surface area (Å²) in [6.45, 7) is 0.0718. The molecule has 0 unspecified atom stereocenters. The molecule has 0 amide bonds. The lowest BCUT2D eigenvalue weighted by molar-refractivity contribution is 0.330. The van der Waals surface area contributed by atoms with E-state index in [1.54, 1.807) is 0 Å². The van der Waals surface area contributed by atoms with E-state index in [0.29, 0.717) is 6.42 Å². The van der Waals surface area contributed by atoms with Gasteiger partial charge in [0.15, 0.2) is 0 Å². The van der Waals surface area contributed by atoms with Crippen LogP contribution in [0.25, 0.3) is 21.3 Å². The Morgan fingerprint density at radius 3 is 2.68 bits per heavy atom. The number of hydrogen-bond acceptors (Lipinski definition) is 5. The molecule has 25 heavy (non-hydrogen) atoms. The average Bonchev–Trinajstić information content (AvgIpc) is 2.97. The first-order valence-corrected chi connectivity index (χ1v) is 10.8. The lowest BCUT2D eigenvalue weighted by atomic mass is 10.1. The van der Waals surface area contributed by atoms with Crippen molar-refractivity contribution in [3.63, 3.8) is 0 Å². The molecule has 4 nitrogen and oxygen atoms in total. The molecule has 0 radical (unpaired) electrons. The van der Waals surface area contributed by atoms with Crippen LogP contribution in [-0.2, 0) is 14.3 Å². The quantitative estimate of drug-likeness (QED) is 0.345. The van der Waals surface area contributed by atoms with Crippen molar-refractivity contribution in [1.82, 2.24) is 4.37 Å². The smallest absolute Gasteiger partial charge is 0.264 e. The zero-order valence-electron chi connectivity index (χ0n) is 13.3. The highest BCUT2D eigenvalue weighted by Crippen LogP contribution is 2.31. The predicted molar refractivity (Wildman–Crippen MR) is 105 cm³/mol. The average molecular weight is 436 g/mol. The zero-order chi connectivity index (χ0) is 17.9. The van der Waals surface area contributed by atoms with Gasteiger partial charge in [-0.15, -0.1) is 0 Å². The van der Waals surface area contributed by atoms with Crippen molar-refractivity contribution in [2.45, 2.75) is 6.42 Å². The van der Waals surface area contributed by atoms with E-state index in [0.717, 1.165) is 37.6 Å². The first kappa shape index (κ1) is 18.1. The van der Waals surface area contributed by atoms with Crippen LogP contribution >= 0.6 is 27.5 Å². The van der Waals surface area contributed by atoms with Crippen LogP contribution in [0.15, 0.2) is 46.9 Å². The summed E-state index contributed by atoms with van der Waals surface area (Å²) >= 11 is 4.88. The third kappa shape index (κ3) is 4.89. The van der Waals surface area contributed by atoms with Gasteiger partial charge >= 0.3 is 0 Å². The molecule has 0 saturated heterocycles. The Labute approximate surface area is 159 Å². The molecule has 3 rings (SSSR count). The van der Waals surface area contributed by atoms with Crippen molar-refractivity contribution in [1.29, 1.82) is 0 Å². The topological polar surface area (TPSA) is 56.3 Å². The first-order chi connectivity index (χ1) is 11.9. The minimum Gasteiger partial charge on any atom is -0.269 e. The molecule has 0 aliphatic carbocycles. The molecule has 3 aromatic rings. The van der Waals surface area contributed by atoms with E-state index in [2.05, 4.69) is 36.3 Å². The lowest BCUT2D eigenvalue weighted by Gasteiger charge is -1.99. The maximum atomic E-state index is 10.9. The monoisotopic (exact) mass is 435 g/mol. The highest BCUT2D eigenvalue weighted by molar-refractivity contribution is 9.10. The van der Waals surface area contributed by atoms with Crippen molar-refractivity contribution in [3.05, 3.63) is 52.5 Å². The molecule has 0 fully saturated rings. The largest absolute Gasteiger partial charge is 0.269 e. The zero-order valence-corrected chi connectivity index (χ0v) is 16.5. The highest BCUT2D eigenvalue weighted by atomic mass is 79.9. The van der Waals surface area contributed by atoms with E-state index in [-0.39, 0.29) is 6.61 Å². The maximum Gasteiger partial charge on any atom is 0.264 e. The normalized spacial score (nSPS) is 11.3. The van der Waals surface area contributed by atoms with Crippen molar-refractivity contribution < 1.29 is 12.6 Å². The van der Waals surface area contributed by atoms with Gasteiger partial charge in [-0.05, 0) is 35.8 Å². The van der Waals surface area contributed by atoms with Gasteiger partial charge in [-0.1, -0.05) is 46.0 Å². The highest BCUT2D eigenvalue weighted by Gasteiger charge is 2.08. The number of benzene rings is 2.